The lowest BCUT2D eigenvalue weighted by Gasteiger charge is -2.34. The first-order valence-electron chi connectivity index (χ1n) is 15.8. The molecule has 4 aromatic rings. The fraction of sp³-hybridized carbons (Fsp3) is 0.297. The quantitative estimate of drug-likeness (QED) is 0.143. The predicted octanol–water partition coefficient (Wildman–Crippen LogP) is 6.28. The van der Waals surface area contributed by atoms with Gasteiger partial charge in [-0.15, -0.1) is 0 Å². The molecule has 0 saturated heterocycles. The first kappa shape index (κ1) is 35.2. The number of sulfonamides is 1. The average molecular weight is 660 g/mol. The van der Waals surface area contributed by atoms with Crippen LogP contribution in [-0.2, 0) is 32.6 Å². The summed E-state index contributed by atoms with van der Waals surface area (Å²) < 4.78 is 50.0. The number of carbonyl (C=O) groups excluding carboxylic acids is 2. The molecular formula is C37H42FN3O5S. The van der Waals surface area contributed by atoms with Gasteiger partial charge < -0.3 is 15.0 Å². The van der Waals surface area contributed by atoms with Crippen molar-refractivity contribution in [2.45, 2.75) is 57.5 Å². The second-order valence-electron chi connectivity index (χ2n) is 11.2. The Labute approximate surface area is 277 Å². The highest BCUT2D eigenvalue weighted by Gasteiger charge is 2.35. The zero-order valence-corrected chi connectivity index (χ0v) is 27.9. The van der Waals surface area contributed by atoms with E-state index < -0.39 is 40.2 Å². The summed E-state index contributed by atoms with van der Waals surface area (Å²) in [4.78, 5) is 29.5. The minimum Gasteiger partial charge on any atom is -0.494 e. The van der Waals surface area contributed by atoms with Crippen LogP contribution in [0.15, 0.2) is 108 Å². The third-order valence-corrected chi connectivity index (χ3v) is 9.51. The molecule has 0 bridgehead atoms. The Morgan fingerprint density at radius 1 is 0.872 bits per heavy atom. The van der Waals surface area contributed by atoms with E-state index in [1.807, 2.05) is 51.1 Å². The van der Waals surface area contributed by atoms with Crippen molar-refractivity contribution >= 4 is 27.5 Å². The van der Waals surface area contributed by atoms with Crippen molar-refractivity contribution in [2.24, 2.45) is 0 Å². The van der Waals surface area contributed by atoms with E-state index in [-0.39, 0.29) is 29.1 Å². The normalized spacial score (nSPS) is 11.8. The Hall–Kier alpha value is -4.70. The molecule has 0 unspecified atom stereocenters. The van der Waals surface area contributed by atoms with E-state index in [1.54, 1.807) is 54.6 Å². The van der Waals surface area contributed by atoms with Crippen molar-refractivity contribution in [3.63, 3.8) is 0 Å². The van der Waals surface area contributed by atoms with E-state index in [1.165, 1.54) is 23.1 Å². The SMILES string of the molecule is CCCCNC(=O)[C@@H](Cc1ccccc1)N(Cc1ccccc1F)C(=O)CN(c1ccc(C)cc1)S(=O)(=O)c1ccc(OCC)cc1. The summed E-state index contributed by atoms with van der Waals surface area (Å²) in [6, 6.07) is 27.0. The third kappa shape index (κ3) is 9.42. The second kappa shape index (κ2) is 16.7. The maximum absolute atomic E-state index is 15.1. The summed E-state index contributed by atoms with van der Waals surface area (Å²) >= 11 is 0. The van der Waals surface area contributed by atoms with Crippen molar-refractivity contribution in [1.82, 2.24) is 10.2 Å². The number of rotatable bonds is 16. The van der Waals surface area contributed by atoms with Crippen LogP contribution >= 0.6 is 0 Å². The Kier molecular flexibility index (Phi) is 12.5. The van der Waals surface area contributed by atoms with Crippen LogP contribution in [0.1, 0.15) is 43.4 Å². The van der Waals surface area contributed by atoms with Gasteiger partial charge in [-0.25, -0.2) is 12.8 Å². The highest BCUT2D eigenvalue weighted by Crippen LogP contribution is 2.27. The average Bonchev–Trinajstić information content (AvgIpc) is 3.07. The molecule has 0 aliphatic heterocycles. The first-order valence-corrected chi connectivity index (χ1v) is 17.2. The van der Waals surface area contributed by atoms with Crippen LogP contribution in [0, 0.1) is 12.7 Å². The van der Waals surface area contributed by atoms with Gasteiger partial charge >= 0.3 is 0 Å². The number of hydrogen-bond donors (Lipinski definition) is 1. The number of nitrogens with one attached hydrogen (secondary N) is 1. The largest absolute Gasteiger partial charge is 0.494 e. The fourth-order valence-electron chi connectivity index (χ4n) is 5.11. The van der Waals surface area contributed by atoms with Crippen LogP contribution < -0.4 is 14.4 Å². The molecule has 8 nitrogen and oxygen atoms in total. The molecule has 0 aliphatic rings. The molecule has 47 heavy (non-hydrogen) atoms. The molecule has 248 valence electrons. The number of anilines is 1. The lowest BCUT2D eigenvalue weighted by molar-refractivity contribution is -0.140. The van der Waals surface area contributed by atoms with Crippen molar-refractivity contribution in [2.75, 3.05) is 24.0 Å². The number of ether oxygens (including phenoxy) is 1. The predicted molar refractivity (Wildman–Crippen MR) is 182 cm³/mol. The van der Waals surface area contributed by atoms with Gasteiger partial charge in [0.05, 0.1) is 17.2 Å². The number of amides is 2. The third-order valence-electron chi connectivity index (χ3n) is 7.72. The van der Waals surface area contributed by atoms with Gasteiger partial charge in [0.2, 0.25) is 11.8 Å². The van der Waals surface area contributed by atoms with Gasteiger partial charge in [0.1, 0.15) is 24.2 Å². The van der Waals surface area contributed by atoms with Gasteiger partial charge in [0, 0.05) is 25.1 Å². The van der Waals surface area contributed by atoms with Crippen molar-refractivity contribution < 1.29 is 27.1 Å². The molecule has 0 fully saturated rings. The lowest BCUT2D eigenvalue weighted by atomic mass is 10.0. The van der Waals surface area contributed by atoms with E-state index in [0.717, 1.165) is 28.3 Å². The molecule has 4 aromatic carbocycles. The van der Waals surface area contributed by atoms with Gasteiger partial charge in [-0.05, 0) is 68.3 Å². The van der Waals surface area contributed by atoms with Crippen LogP contribution in [0.25, 0.3) is 0 Å². The number of halogens is 1. The van der Waals surface area contributed by atoms with Gasteiger partial charge in [-0.1, -0.05) is 79.6 Å². The maximum atomic E-state index is 15.1. The summed E-state index contributed by atoms with van der Waals surface area (Å²) in [6.07, 6.45) is 1.75. The molecule has 0 radical (unpaired) electrons. The van der Waals surface area contributed by atoms with E-state index in [0.29, 0.717) is 18.9 Å². The van der Waals surface area contributed by atoms with Crippen LogP contribution in [-0.4, -0.2) is 50.9 Å². The Balaban J connectivity index is 1.78. The maximum Gasteiger partial charge on any atom is 0.264 e. The molecule has 0 aliphatic carbocycles. The molecule has 1 atom stereocenters. The van der Waals surface area contributed by atoms with Gasteiger partial charge in [0.15, 0.2) is 0 Å². The second-order valence-corrected chi connectivity index (χ2v) is 13.1. The molecule has 4 rings (SSSR count). The summed E-state index contributed by atoms with van der Waals surface area (Å²) in [5.74, 6) is -1.08. The van der Waals surface area contributed by atoms with Crippen LogP contribution in [0.4, 0.5) is 10.1 Å². The number of hydrogen-bond acceptors (Lipinski definition) is 5. The number of unbranched alkanes of at least 4 members (excludes halogenated alkanes) is 1. The molecular weight excluding hydrogens is 617 g/mol. The zero-order valence-electron chi connectivity index (χ0n) is 27.1. The van der Waals surface area contributed by atoms with Gasteiger partial charge in [-0.3, -0.25) is 13.9 Å². The standard InChI is InChI=1S/C37H42FN3O5S/c1-4-6-24-39-37(43)35(25-29-12-8-7-9-13-29)40(26-30-14-10-11-15-34(30)38)36(42)27-41(31-18-16-28(3)17-19-31)47(44,45)33-22-20-32(21-23-33)46-5-2/h7-23,35H,4-6,24-27H2,1-3H3,(H,39,43)/t35-/m1/s1. The molecule has 0 spiro atoms. The smallest absolute Gasteiger partial charge is 0.264 e. The summed E-state index contributed by atoms with van der Waals surface area (Å²) in [5, 5.41) is 2.93. The summed E-state index contributed by atoms with van der Waals surface area (Å²) in [5.41, 5.74) is 2.19. The van der Waals surface area contributed by atoms with Gasteiger partial charge in [0.25, 0.3) is 10.0 Å². The minimum absolute atomic E-state index is 0.0341. The highest BCUT2D eigenvalue weighted by atomic mass is 32.2. The molecule has 0 aromatic heterocycles. The molecule has 2 amide bonds. The van der Waals surface area contributed by atoms with Crippen LogP contribution in [0.3, 0.4) is 0 Å². The van der Waals surface area contributed by atoms with Crippen molar-refractivity contribution in [1.29, 1.82) is 0 Å². The Bertz CT molecular complexity index is 1720. The highest BCUT2D eigenvalue weighted by molar-refractivity contribution is 7.92. The number of aryl methyl sites for hydroxylation is 1. The monoisotopic (exact) mass is 659 g/mol. The minimum atomic E-state index is -4.28. The number of benzene rings is 4. The summed E-state index contributed by atoms with van der Waals surface area (Å²) in [6.45, 7) is 5.68. The van der Waals surface area contributed by atoms with E-state index >= 15 is 4.39 Å². The van der Waals surface area contributed by atoms with E-state index in [4.69, 9.17) is 4.74 Å². The summed E-state index contributed by atoms with van der Waals surface area (Å²) in [7, 11) is -4.28. The Morgan fingerprint density at radius 3 is 2.17 bits per heavy atom. The van der Waals surface area contributed by atoms with Gasteiger partial charge in [-0.2, -0.15) is 0 Å². The molecule has 0 heterocycles. The van der Waals surface area contributed by atoms with Crippen molar-refractivity contribution in [3.05, 3.63) is 126 Å². The number of nitrogens with zero attached hydrogens (tertiary/aromatic N) is 2. The molecule has 1 N–H and O–H groups in total. The fourth-order valence-corrected chi connectivity index (χ4v) is 6.53. The lowest BCUT2D eigenvalue weighted by Crippen LogP contribution is -2.53. The number of carbonyl (C=O) groups is 2. The molecule has 10 heteroatoms. The Morgan fingerprint density at radius 2 is 1.53 bits per heavy atom. The van der Waals surface area contributed by atoms with Crippen LogP contribution in [0.2, 0.25) is 0 Å². The first-order chi connectivity index (χ1) is 22.6. The zero-order chi connectivity index (χ0) is 33.8. The van der Waals surface area contributed by atoms with E-state index in [9.17, 15) is 18.0 Å². The van der Waals surface area contributed by atoms with E-state index in [2.05, 4.69) is 5.32 Å². The van der Waals surface area contributed by atoms with Crippen molar-refractivity contribution in [3.8, 4) is 5.75 Å². The topological polar surface area (TPSA) is 96.0 Å². The molecule has 0 saturated carbocycles. The van der Waals surface area contributed by atoms with Crippen LogP contribution in [0.5, 0.6) is 5.75 Å².